The Balaban J connectivity index is 1.52. The molecule has 0 spiro atoms. The van der Waals surface area contributed by atoms with Gasteiger partial charge in [0.1, 0.15) is 11.4 Å². The van der Waals surface area contributed by atoms with Gasteiger partial charge in [0.05, 0.1) is 12.8 Å². The molecular weight excluding hydrogens is 296 g/mol. The zero-order valence-electron chi connectivity index (χ0n) is 12.6. The summed E-state index contributed by atoms with van der Waals surface area (Å²) in [5, 5.41) is 6.66. The Labute approximate surface area is 133 Å². The highest BCUT2D eigenvalue weighted by atomic mass is 16.5. The summed E-state index contributed by atoms with van der Waals surface area (Å²) < 4.78 is 16.0. The minimum Gasteiger partial charge on any atom is -0.481 e. The molecule has 0 bridgehead atoms. The summed E-state index contributed by atoms with van der Waals surface area (Å²) in [4.78, 5) is 12.0. The average molecular weight is 312 g/mol. The van der Waals surface area contributed by atoms with Gasteiger partial charge in [-0.05, 0) is 31.2 Å². The molecule has 1 atom stereocenters. The van der Waals surface area contributed by atoms with Gasteiger partial charge in [0.25, 0.3) is 5.91 Å². The normalized spacial score (nSPS) is 11.9. The zero-order valence-corrected chi connectivity index (χ0v) is 12.6. The van der Waals surface area contributed by atoms with Crippen LogP contribution in [0.1, 0.15) is 12.6 Å². The van der Waals surface area contributed by atoms with Crippen LogP contribution in [0.25, 0.3) is 11.5 Å². The van der Waals surface area contributed by atoms with Crippen molar-refractivity contribution >= 4 is 5.91 Å². The number of nitrogens with one attached hydrogen (secondary N) is 1. The highest BCUT2D eigenvalue weighted by Crippen LogP contribution is 2.20. The molecule has 0 aliphatic rings. The Morgan fingerprint density at radius 1 is 1.22 bits per heavy atom. The maximum absolute atomic E-state index is 12.0. The molecule has 1 amide bonds. The van der Waals surface area contributed by atoms with Crippen molar-refractivity contribution in [1.29, 1.82) is 0 Å². The third-order valence-electron chi connectivity index (χ3n) is 3.19. The smallest absolute Gasteiger partial charge is 0.261 e. The summed E-state index contributed by atoms with van der Waals surface area (Å²) in [6.07, 6.45) is 0.955. The number of para-hydroxylation sites is 1. The Bertz CT molecular complexity index is 750. The highest BCUT2D eigenvalue weighted by Gasteiger charge is 2.15. The van der Waals surface area contributed by atoms with Crippen LogP contribution in [-0.4, -0.2) is 17.2 Å². The van der Waals surface area contributed by atoms with Gasteiger partial charge in [0.2, 0.25) is 5.76 Å². The van der Waals surface area contributed by atoms with E-state index < -0.39 is 6.10 Å². The zero-order chi connectivity index (χ0) is 16.1. The number of carbonyl (C=O) groups excluding carboxylic acids is 1. The van der Waals surface area contributed by atoms with Crippen molar-refractivity contribution in [2.75, 3.05) is 0 Å². The molecular formula is C17H16N2O4. The molecule has 0 aliphatic heterocycles. The second-order valence-electron chi connectivity index (χ2n) is 4.95. The van der Waals surface area contributed by atoms with Crippen LogP contribution >= 0.6 is 0 Å². The number of aromatic nitrogens is 1. The van der Waals surface area contributed by atoms with Crippen LogP contribution in [0.15, 0.2) is 63.7 Å². The second kappa shape index (κ2) is 6.83. The SMILES string of the molecule is C[C@H](Oc1ccccc1)C(=O)NCc1cc(-c2ccco2)on1. The molecule has 6 heteroatoms. The van der Waals surface area contributed by atoms with Crippen LogP contribution in [0, 0.1) is 0 Å². The maximum Gasteiger partial charge on any atom is 0.261 e. The predicted octanol–water partition coefficient (Wildman–Crippen LogP) is 3.02. The van der Waals surface area contributed by atoms with E-state index in [1.54, 1.807) is 43.5 Å². The van der Waals surface area contributed by atoms with Crippen molar-refractivity contribution in [3.63, 3.8) is 0 Å². The molecule has 0 fully saturated rings. The number of carbonyl (C=O) groups is 1. The molecule has 0 aliphatic carbocycles. The fraction of sp³-hybridized carbons (Fsp3) is 0.176. The molecule has 0 unspecified atom stereocenters. The predicted molar refractivity (Wildman–Crippen MR) is 82.6 cm³/mol. The van der Waals surface area contributed by atoms with Crippen LogP contribution in [0.5, 0.6) is 5.75 Å². The number of amides is 1. The largest absolute Gasteiger partial charge is 0.481 e. The van der Waals surface area contributed by atoms with Gasteiger partial charge < -0.3 is 19.0 Å². The lowest BCUT2D eigenvalue weighted by Crippen LogP contribution is -2.35. The summed E-state index contributed by atoms with van der Waals surface area (Å²) in [7, 11) is 0. The van der Waals surface area contributed by atoms with Crippen LogP contribution in [0.2, 0.25) is 0 Å². The van der Waals surface area contributed by atoms with E-state index in [0.29, 0.717) is 23.0 Å². The summed E-state index contributed by atoms with van der Waals surface area (Å²) in [5.41, 5.74) is 0.608. The van der Waals surface area contributed by atoms with E-state index in [4.69, 9.17) is 13.7 Å². The van der Waals surface area contributed by atoms with Gasteiger partial charge in [-0.15, -0.1) is 0 Å². The van der Waals surface area contributed by atoms with Gasteiger partial charge in [-0.1, -0.05) is 23.4 Å². The number of ether oxygens (including phenoxy) is 1. The Morgan fingerprint density at radius 2 is 2.04 bits per heavy atom. The van der Waals surface area contributed by atoms with Crippen molar-refractivity contribution in [2.45, 2.75) is 19.6 Å². The number of benzene rings is 1. The first-order valence-corrected chi connectivity index (χ1v) is 7.21. The van der Waals surface area contributed by atoms with Crippen LogP contribution in [-0.2, 0) is 11.3 Å². The molecule has 3 aromatic rings. The fourth-order valence-electron chi connectivity index (χ4n) is 2.01. The first-order chi connectivity index (χ1) is 11.2. The highest BCUT2D eigenvalue weighted by molar-refractivity contribution is 5.80. The molecule has 0 saturated heterocycles. The molecule has 23 heavy (non-hydrogen) atoms. The first kappa shape index (κ1) is 14.9. The monoisotopic (exact) mass is 312 g/mol. The Kier molecular flexibility index (Phi) is 4.42. The molecule has 1 N–H and O–H groups in total. The standard InChI is InChI=1S/C17H16N2O4/c1-12(22-14-6-3-2-4-7-14)17(20)18-11-13-10-16(23-19-13)15-8-5-9-21-15/h2-10,12H,11H2,1H3,(H,18,20)/t12-/m0/s1. The van der Waals surface area contributed by atoms with Gasteiger partial charge in [-0.25, -0.2) is 0 Å². The van der Waals surface area contributed by atoms with E-state index in [1.807, 2.05) is 18.2 Å². The summed E-state index contributed by atoms with van der Waals surface area (Å²) >= 11 is 0. The summed E-state index contributed by atoms with van der Waals surface area (Å²) in [6, 6.07) is 14.5. The third kappa shape index (κ3) is 3.79. The van der Waals surface area contributed by atoms with E-state index in [9.17, 15) is 4.79 Å². The number of hydrogen-bond acceptors (Lipinski definition) is 5. The molecule has 0 saturated carbocycles. The quantitative estimate of drug-likeness (QED) is 0.757. The van der Waals surface area contributed by atoms with Crippen LogP contribution < -0.4 is 10.1 Å². The maximum atomic E-state index is 12.0. The van der Waals surface area contributed by atoms with Gasteiger partial charge in [0, 0.05) is 6.07 Å². The van der Waals surface area contributed by atoms with Crippen molar-refractivity contribution in [1.82, 2.24) is 10.5 Å². The number of furan rings is 1. The minimum absolute atomic E-state index is 0.226. The molecule has 2 aromatic heterocycles. The second-order valence-corrected chi connectivity index (χ2v) is 4.95. The van der Waals surface area contributed by atoms with E-state index in [2.05, 4.69) is 10.5 Å². The van der Waals surface area contributed by atoms with E-state index >= 15 is 0 Å². The van der Waals surface area contributed by atoms with Gasteiger partial charge in [-0.3, -0.25) is 4.79 Å². The lowest BCUT2D eigenvalue weighted by atomic mass is 10.3. The van der Waals surface area contributed by atoms with Crippen LogP contribution in [0.4, 0.5) is 0 Å². The average Bonchev–Trinajstić information content (AvgIpc) is 3.24. The molecule has 118 valence electrons. The topological polar surface area (TPSA) is 77.5 Å². The third-order valence-corrected chi connectivity index (χ3v) is 3.19. The number of nitrogens with zero attached hydrogens (tertiary/aromatic N) is 1. The number of rotatable bonds is 6. The fourth-order valence-corrected chi connectivity index (χ4v) is 2.01. The summed E-state index contributed by atoms with van der Waals surface area (Å²) in [6.45, 7) is 1.95. The molecule has 3 rings (SSSR count). The van der Waals surface area contributed by atoms with Crippen molar-refractivity contribution in [3.05, 3.63) is 60.5 Å². The van der Waals surface area contributed by atoms with Crippen molar-refractivity contribution in [3.8, 4) is 17.3 Å². The van der Waals surface area contributed by atoms with E-state index in [-0.39, 0.29) is 12.5 Å². The summed E-state index contributed by atoms with van der Waals surface area (Å²) in [5.74, 6) is 1.54. The Hall–Kier alpha value is -3.02. The van der Waals surface area contributed by atoms with E-state index in [1.165, 1.54) is 0 Å². The van der Waals surface area contributed by atoms with Gasteiger partial charge in [-0.2, -0.15) is 0 Å². The molecule has 1 aromatic carbocycles. The van der Waals surface area contributed by atoms with E-state index in [0.717, 1.165) is 0 Å². The molecule has 6 nitrogen and oxygen atoms in total. The number of hydrogen-bond donors (Lipinski definition) is 1. The van der Waals surface area contributed by atoms with Gasteiger partial charge in [0.15, 0.2) is 11.9 Å². The first-order valence-electron chi connectivity index (χ1n) is 7.21. The Morgan fingerprint density at radius 3 is 2.78 bits per heavy atom. The van der Waals surface area contributed by atoms with Crippen molar-refractivity contribution in [2.24, 2.45) is 0 Å². The molecule has 2 heterocycles. The van der Waals surface area contributed by atoms with Crippen molar-refractivity contribution < 1.29 is 18.5 Å². The lowest BCUT2D eigenvalue weighted by molar-refractivity contribution is -0.127. The minimum atomic E-state index is -0.603. The van der Waals surface area contributed by atoms with Crippen LogP contribution in [0.3, 0.4) is 0 Å². The molecule has 0 radical (unpaired) electrons. The lowest BCUT2D eigenvalue weighted by Gasteiger charge is -2.13. The van der Waals surface area contributed by atoms with Gasteiger partial charge >= 0.3 is 0 Å².